The largest absolute Gasteiger partial charge is 0.316 e. The quantitative estimate of drug-likeness (QED) is 0.530. The highest BCUT2D eigenvalue weighted by atomic mass is 14.8. The standard InChI is InChI=1S/C6H7N3/c1-9-3-2-6(4-7)5-8/h2,9H,3H2,1H3. The van der Waals surface area contributed by atoms with Gasteiger partial charge in [-0.05, 0) is 13.1 Å². The number of nitrogens with one attached hydrogen (secondary N) is 1. The maximum atomic E-state index is 8.18. The third kappa shape index (κ3) is 3.28. The normalized spacial score (nSPS) is 7.00. The Hall–Kier alpha value is -1.32. The fraction of sp³-hybridized carbons (Fsp3) is 0.333. The zero-order valence-electron chi connectivity index (χ0n) is 5.18. The number of nitriles is 2. The van der Waals surface area contributed by atoms with E-state index in [1.165, 1.54) is 0 Å². The van der Waals surface area contributed by atoms with E-state index in [1.54, 1.807) is 25.3 Å². The molecule has 0 aliphatic rings. The minimum atomic E-state index is 0.157. The van der Waals surface area contributed by atoms with E-state index in [9.17, 15) is 0 Å². The lowest BCUT2D eigenvalue weighted by atomic mass is 10.3. The minimum absolute atomic E-state index is 0.157. The van der Waals surface area contributed by atoms with Gasteiger partial charge in [-0.3, -0.25) is 0 Å². The van der Waals surface area contributed by atoms with E-state index in [0.29, 0.717) is 6.54 Å². The Labute approximate surface area is 54.2 Å². The molecule has 3 heteroatoms. The fourth-order valence-corrected chi connectivity index (χ4v) is 0.320. The second-order valence-corrected chi connectivity index (χ2v) is 1.40. The number of hydrogen-bond donors (Lipinski definition) is 1. The van der Waals surface area contributed by atoms with Crippen LogP contribution in [0.2, 0.25) is 0 Å². The van der Waals surface area contributed by atoms with Gasteiger partial charge in [0.05, 0.1) is 0 Å². The first-order valence-electron chi connectivity index (χ1n) is 2.50. The molecular formula is C6H7N3. The molecule has 0 saturated carbocycles. The van der Waals surface area contributed by atoms with Crippen molar-refractivity contribution in [3.63, 3.8) is 0 Å². The van der Waals surface area contributed by atoms with Crippen LogP contribution in [-0.2, 0) is 0 Å². The first kappa shape index (κ1) is 7.68. The van der Waals surface area contributed by atoms with Crippen LogP contribution in [0.5, 0.6) is 0 Å². The van der Waals surface area contributed by atoms with Gasteiger partial charge in [0.25, 0.3) is 0 Å². The van der Waals surface area contributed by atoms with Crippen LogP contribution in [0.4, 0.5) is 0 Å². The van der Waals surface area contributed by atoms with Crippen molar-refractivity contribution in [2.75, 3.05) is 13.6 Å². The number of allylic oxidation sites excluding steroid dienone is 1. The molecule has 0 radical (unpaired) electrons. The van der Waals surface area contributed by atoms with Crippen molar-refractivity contribution >= 4 is 0 Å². The number of nitrogens with zero attached hydrogens (tertiary/aromatic N) is 2. The van der Waals surface area contributed by atoms with E-state index in [-0.39, 0.29) is 5.57 Å². The molecule has 0 aromatic carbocycles. The monoisotopic (exact) mass is 121 g/mol. The molecule has 0 aliphatic carbocycles. The molecule has 0 heterocycles. The van der Waals surface area contributed by atoms with Crippen molar-refractivity contribution in [2.45, 2.75) is 0 Å². The molecule has 0 fully saturated rings. The van der Waals surface area contributed by atoms with E-state index < -0.39 is 0 Å². The molecule has 0 spiro atoms. The van der Waals surface area contributed by atoms with Crippen molar-refractivity contribution < 1.29 is 0 Å². The summed E-state index contributed by atoms with van der Waals surface area (Å²) in [5.74, 6) is 0. The molecule has 0 aromatic heterocycles. The summed E-state index contributed by atoms with van der Waals surface area (Å²) >= 11 is 0. The molecular weight excluding hydrogens is 114 g/mol. The number of rotatable bonds is 2. The predicted molar refractivity (Wildman–Crippen MR) is 33.2 cm³/mol. The van der Waals surface area contributed by atoms with Crippen molar-refractivity contribution in [2.24, 2.45) is 0 Å². The second kappa shape index (κ2) is 4.83. The van der Waals surface area contributed by atoms with Gasteiger partial charge >= 0.3 is 0 Å². The van der Waals surface area contributed by atoms with Gasteiger partial charge in [-0.15, -0.1) is 0 Å². The molecule has 0 unspecified atom stereocenters. The van der Waals surface area contributed by atoms with Crippen LogP contribution >= 0.6 is 0 Å². The highest BCUT2D eigenvalue weighted by Gasteiger charge is 1.86. The van der Waals surface area contributed by atoms with Gasteiger partial charge in [-0.25, -0.2) is 0 Å². The van der Waals surface area contributed by atoms with Crippen LogP contribution in [0.25, 0.3) is 0 Å². The van der Waals surface area contributed by atoms with E-state index in [1.807, 2.05) is 0 Å². The minimum Gasteiger partial charge on any atom is -0.316 e. The van der Waals surface area contributed by atoms with Crippen LogP contribution in [0, 0.1) is 22.7 Å². The highest BCUT2D eigenvalue weighted by molar-refractivity contribution is 5.35. The van der Waals surface area contributed by atoms with Crippen molar-refractivity contribution in [3.05, 3.63) is 11.6 Å². The van der Waals surface area contributed by atoms with Gasteiger partial charge < -0.3 is 5.32 Å². The summed E-state index contributed by atoms with van der Waals surface area (Å²) in [5.41, 5.74) is 0.157. The van der Waals surface area contributed by atoms with E-state index in [4.69, 9.17) is 10.5 Å². The maximum Gasteiger partial charge on any atom is 0.126 e. The first-order chi connectivity index (χ1) is 4.35. The average Bonchev–Trinajstić information content (AvgIpc) is 1.91. The molecule has 0 amide bonds. The summed E-state index contributed by atoms with van der Waals surface area (Å²) in [6.07, 6.45) is 1.54. The van der Waals surface area contributed by atoms with Crippen LogP contribution < -0.4 is 5.32 Å². The van der Waals surface area contributed by atoms with Gasteiger partial charge in [0.1, 0.15) is 17.7 Å². The number of hydrogen-bond acceptors (Lipinski definition) is 3. The molecule has 1 N–H and O–H groups in total. The van der Waals surface area contributed by atoms with Crippen LogP contribution in [0.15, 0.2) is 11.6 Å². The van der Waals surface area contributed by atoms with E-state index in [2.05, 4.69) is 5.32 Å². The lowest BCUT2D eigenvalue weighted by Crippen LogP contribution is -2.04. The van der Waals surface area contributed by atoms with E-state index in [0.717, 1.165) is 0 Å². The summed E-state index contributed by atoms with van der Waals surface area (Å²) in [6, 6.07) is 3.49. The van der Waals surface area contributed by atoms with Gasteiger partial charge in [-0.2, -0.15) is 10.5 Å². The Bertz CT molecular complexity index is 163. The summed E-state index contributed by atoms with van der Waals surface area (Å²) < 4.78 is 0. The smallest absolute Gasteiger partial charge is 0.126 e. The van der Waals surface area contributed by atoms with Gasteiger partial charge in [0.2, 0.25) is 0 Å². The van der Waals surface area contributed by atoms with Crippen LogP contribution in [0.1, 0.15) is 0 Å². The lowest BCUT2D eigenvalue weighted by molar-refractivity contribution is 0.917. The van der Waals surface area contributed by atoms with Gasteiger partial charge in [0, 0.05) is 6.54 Å². The van der Waals surface area contributed by atoms with Crippen LogP contribution in [0.3, 0.4) is 0 Å². The molecule has 0 aliphatic heterocycles. The average molecular weight is 121 g/mol. The third-order valence-corrected chi connectivity index (χ3v) is 0.751. The second-order valence-electron chi connectivity index (χ2n) is 1.40. The van der Waals surface area contributed by atoms with Gasteiger partial charge in [-0.1, -0.05) is 0 Å². The summed E-state index contributed by atoms with van der Waals surface area (Å²) in [4.78, 5) is 0. The molecule has 9 heavy (non-hydrogen) atoms. The molecule has 46 valence electrons. The Morgan fingerprint density at radius 2 is 2.11 bits per heavy atom. The number of likely N-dealkylation sites (N-methyl/N-ethyl adjacent to an activating group) is 1. The molecule has 0 saturated heterocycles. The molecule has 0 atom stereocenters. The fourth-order valence-electron chi connectivity index (χ4n) is 0.320. The summed E-state index contributed by atoms with van der Waals surface area (Å²) in [6.45, 7) is 0.566. The Kier molecular flexibility index (Phi) is 4.12. The first-order valence-corrected chi connectivity index (χ1v) is 2.50. The molecule has 3 nitrogen and oxygen atoms in total. The summed E-state index contributed by atoms with van der Waals surface area (Å²) in [7, 11) is 1.75. The third-order valence-electron chi connectivity index (χ3n) is 0.751. The van der Waals surface area contributed by atoms with Crippen molar-refractivity contribution in [1.82, 2.24) is 5.32 Å². The van der Waals surface area contributed by atoms with Crippen LogP contribution in [-0.4, -0.2) is 13.6 Å². The SMILES string of the molecule is CNCC=C(C#N)C#N. The zero-order chi connectivity index (χ0) is 7.11. The molecule has 0 aromatic rings. The van der Waals surface area contributed by atoms with Gasteiger partial charge in [0.15, 0.2) is 0 Å². The Morgan fingerprint density at radius 3 is 2.44 bits per heavy atom. The molecule has 0 bridgehead atoms. The van der Waals surface area contributed by atoms with E-state index >= 15 is 0 Å². The summed E-state index contributed by atoms with van der Waals surface area (Å²) in [5, 5.41) is 19.2. The lowest BCUT2D eigenvalue weighted by Gasteiger charge is -1.84. The Morgan fingerprint density at radius 1 is 1.56 bits per heavy atom. The van der Waals surface area contributed by atoms with Crippen molar-refractivity contribution in [3.8, 4) is 12.1 Å². The molecule has 0 rings (SSSR count). The predicted octanol–water partition coefficient (Wildman–Crippen LogP) is 0.179. The highest BCUT2D eigenvalue weighted by Crippen LogP contribution is 1.84. The maximum absolute atomic E-state index is 8.18. The van der Waals surface area contributed by atoms with Crippen molar-refractivity contribution in [1.29, 1.82) is 10.5 Å². The zero-order valence-corrected chi connectivity index (χ0v) is 5.18. The Balaban J connectivity index is 3.85. The topological polar surface area (TPSA) is 59.6 Å².